The third kappa shape index (κ3) is 7.61. The van der Waals surface area contributed by atoms with Crippen molar-refractivity contribution in [3.8, 4) is 16.9 Å². The second-order valence-electron chi connectivity index (χ2n) is 7.20. The molecule has 0 unspecified atom stereocenters. The second-order valence-corrected chi connectivity index (χ2v) is 9.38. The zero-order chi connectivity index (χ0) is 23.8. The van der Waals surface area contributed by atoms with E-state index in [1.54, 1.807) is 7.11 Å². The number of rotatable bonds is 4. The van der Waals surface area contributed by atoms with Gasteiger partial charge in [-0.3, -0.25) is 4.79 Å². The van der Waals surface area contributed by atoms with Gasteiger partial charge in [-0.15, -0.1) is 0 Å². The molecule has 0 saturated heterocycles. The third-order valence-electron chi connectivity index (χ3n) is 4.53. The monoisotopic (exact) mass is 468 g/mol. The molecule has 33 heavy (non-hydrogen) atoms. The van der Waals surface area contributed by atoms with Crippen LogP contribution in [0.5, 0.6) is 5.75 Å². The minimum atomic E-state index is -0.833. The van der Waals surface area contributed by atoms with E-state index in [0.29, 0.717) is 10.1 Å². The Balaban J connectivity index is 0.000000709. The second kappa shape index (κ2) is 11.9. The van der Waals surface area contributed by atoms with Gasteiger partial charge in [-0.1, -0.05) is 12.1 Å². The number of benzene rings is 3. The van der Waals surface area contributed by atoms with Crippen LogP contribution in [0.3, 0.4) is 0 Å². The van der Waals surface area contributed by atoms with Gasteiger partial charge in [-0.25, -0.2) is 0 Å². The molecule has 0 saturated carbocycles. The summed E-state index contributed by atoms with van der Waals surface area (Å²) in [6.45, 7) is 1.08. The van der Waals surface area contributed by atoms with E-state index in [2.05, 4.69) is 22.4 Å². The molecule has 1 aliphatic rings. The van der Waals surface area contributed by atoms with Crippen LogP contribution >= 0.6 is 11.8 Å². The molecule has 2 N–H and O–H groups in total. The molecule has 1 aliphatic heterocycles. The van der Waals surface area contributed by atoms with Crippen LogP contribution in [0, 0.1) is 0 Å². The number of ether oxygens (including phenoxy) is 1. The van der Waals surface area contributed by atoms with E-state index in [1.807, 2.05) is 66.7 Å². The topological polar surface area (TPSA) is 88.0 Å². The first-order valence-electron chi connectivity index (χ1n) is 10.1. The van der Waals surface area contributed by atoms with Crippen molar-refractivity contribution >= 4 is 71.3 Å². The fourth-order valence-corrected chi connectivity index (χ4v) is 4.12. The van der Waals surface area contributed by atoms with Gasteiger partial charge in [-0.2, -0.15) is 0 Å². The Hall–Kier alpha value is -2.84. The zero-order valence-corrected chi connectivity index (χ0v) is 21.3. The molecular weight excluding hydrogens is 447 g/mol. The van der Waals surface area contributed by atoms with Gasteiger partial charge in [-0.05, 0) is 23.3 Å². The molecule has 0 radical (unpaired) electrons. The maximum atomic E-state index is 12.3. The Bertz CT molecular complexity index is 1200. The molecule has 0 aliphatic carbocycles. The molecule has 0 fully saturated rings. The molecule has 3 aromatic rings. The molecule has 0 bridgehead atoms. The number of hydrogen-bond acceptors (Lipinski definition) is 5. The zero-order valence-electron chi connectivity index (χ0n) is 18.5. The predicted octanol–water partition coefficient (Wildman–Crippen LogP) is 4.33. The summed E-state index contributed by atoms with van der Waals surface area (Å²) in [7, 11) is 1.66. The quantitative estimate of drug-likeness (QED) is 0.438. The molecule has 1 amide bonds. The van der Waals surface area contributed by atoms with Crippen molar-refractivity contribution in [2.24, 2.45) is 4.99 Å². The van der Waals surface area contributed by atoms with E-state index in [4.69, 9.17) is 14.6 Å². The van der Waals surface area contributed by atoms with E-state index >= 15 is 0 Å². The van der Waals surface area contributed by atoms with Crippen LogP contribution in [0.2, 0.25) is 0 Å². The van der Waals surface area contributed by atoms with Crippen molar-refractivity contribution in [1.82, 2.24) is 0 Å². The summed E-state index contributed by atoms with van der Waals surface area (Å²) in [6, 6.07) is 24.2. The summed E-state index contributed by atoms with van der Waals surface area (Å²) in [5.41, 5.74) is 4.08. The number of carbonyl (C=O) groups excluding carboxylic acids is 1. The van der Waals surface area contributed by atoms with E-state index in [1.165, 1.54) is 14.6 Å². The van der Waals surface area contributed by atoms with Crippen molar-refractivity contribution in [2.75, 3.05) is 12.4 Å². The molecule has 162 valence electrons. The Labute approximate surface area is 214 Å². The van der Waals surface area contributed by atoms with Gasteiger partial charge in [0.2, 0.25) is 0 Å². The first-order chi connectivity index (χ1) is 15.8. The van der Waals surface area contributed by atoms with Crippen molar-refractivity contribution in [2.45, 2.75) is 6.92 Å². The molecule has 0 aromatic heterocycles. The minimum absolute atomic E-state index is 0.214. The fourth-order valence-electron chi connectivity index (χ4n) is 2.95. The molecule has 6 nitrogen and oxygen atoms in total. The first-order valence-corrected chi connectivity index (χ1v) is 12.0. The Morgan fingerprint density at radius 3 is 2.36 bits per heavy atom. The number of methoxy groups -OCH3 is 1. The van der Waals surface area contributed by atoms with Crippen molar-refractivity contribution in [1.29, 1.82) is 0 Å². The van der Waals surface area contributed by atoms with Crippen LogP contribution in [0.1, 0.15) is 12.5 Å². The van der Waals surface area contributed by atoms with Gasteiger partial charge in [0, 0.05) is 6.92 Å². The number of carbonyl (C=O) groups is 2. The molecule has 0 atom stereocenters. The van der Waals surface area contributed by atoms with Crippen LogP contribution in [-0.4, -0.2) is 57.2 Å². The van der Waals surface area contributed by atoms with Gasteiger partial charge in [0.15, 0.2) is 0 Å². The van der Waals surface area contributed by atoms with Crippen molar-refractivity contribution in [3.05, 3.63) is 83.3 Å². The normalized spacial score (nSPS) is 13.8. The number of hydrogen-bond donors (Lipinski definition) is 2. The van der Waals surface area contributed by atoms with E-state index in [9.17, 15) is 4.79 Å². The van der Waals surface area contributed by atoms with E-state index in [-0.39, 0.29) is 5.91 Å². The van der Waals surface area contributed by atoms with Crippen LogP contribution < -0.4 is 12.9 Å². The van der Waals surface area contributed by atoms with Gasteiger partial charge in [0.1, 0.15) is 5.75 Å². The molecular formula is C25H21N2NaO4S. The number of aliphatic imine (C=N–C) groups is 1. The van der Waals surface area contributed by atoms with Gasteiger partial charge >= 0.3 is 139 Å². The molecule has 0 spiro atoms. The van der Waals surface area contributed by atoms with Gasteiger partial charge in [0.05, 0.1) is 7.11 Å². The predicted molar refractivity (Wildman–Crippen MR) is 135 cm³/mol. The van der Waals surface area contributed by atoms with Crippen LogP contribution in [0.4, 0.5) is 5.69 Å². The van der Waals surface area contributed by atoms with Crippen LogP contribution in [0.15, 0.2) is 82.7 Å². The number of amides is 1. The number of anilines is 1. The number of nitrogens with zero attached hydrogens (tertiary/aromatic N) is 1. The molecule has 8 heteroatoms. The van der Waals surface area contributed by atoms with E-state index in [0.717, 1.165) is 63.0 Å². The Kier molecular flexibility index (Phi) is 8.91. The first kappa shape index (κ1) is 24.8. The number of nitrogens with one attached hydrogen (secondary N) is 1. The van der Waals surface area contributed by atoms with Crippen molar-refractivity contribution < 1.29 is 19.4 Å². The standard InChI is InChI=1S/C23H17N2O2S.C2H4O2.Na/c1-27-20-9-5-6-18(15-20)17-12-10-16(11-13-17)14-21-22(26)25-23(28-21)24-19-7-3-2-4-8-19;1-2(3)4;/h3-15H,1H3,(H,24,25,26);1H3,(H,3,4);/b21-14-;;. The third-order valence-corrected chi connectivity index (χ3v) is 6.10. The average Bonchev–Trinajstić information content (AvgIpc) is 3.14. The number of aliphatic carboxylic acids is 1. The summed E-state index contributed by atoms with van der Waals surface area (Å²) >= 11 is 2.38. The van der Waals surface area contributed by atoms with Crippen LogP contribution in [-0.2, 0) is 9.59 Å². The molecule has 4 rings (SSSR count). The Morgan fingerprint density at radius 2 is 1.73 bits per heavy atom. The summed E-state index contributed by atoms with van der Waals surface area (Å²) < 4.78 is 6.62. The summed E-state index contributed by atoms with van der Waals surface area (Å²) in [5, 5.41) is 11.2. The number of thioether (sulfide) groups is 1. The summed E-state index contributed by atoms with van der Waals surface area (Å²) in [4.78, 5) is 26.0. The SMILES string of the molecule is CC(=O)O.COc1cccc(-c2ccc(/C=C3\SC(Nc4cc[c]([Na])cc4)=NC3=O)cc2)c1. The fraction of sp³-hybridized carbons (Fsp3) is 0.0800. The van der Waals surface area contributed by atoms with Crippen LogP contribution in [0.25, 0.3) is 17.2 Å². The summed E-state index contributed by atoms with van der Waals surface area (Å²) in [6.07, 6.45) is 1.88. The average molecular weight is 469 g/mol. The smallest absolute Gasteiger partial charge is 0.0121 e. The van der Waals surface area contributed by atoms with Gasteiger partial charge < -0.3 is 9.84 Å². The molecule has 3 aromatic carbocycles. The number of carboxylic acid groups (broad SMARTS) is 1. The maximum absolute atomic E-state index is 12.3. The van der Waals surface area contributed by atoms with E-state index < -0.39 is 5.97 Å². The van der Waals surface area contributed by atoms with Crippen molar-refractivity contribution in [3.63, 3.8) is 0 Å². The molecule has 1 heterocycles. The minimum Gasteiger partial charge on any atom is -0.0121 e. The van der Waals surface area contributed by atoms with Gasteiger partial charge in [0.25, 0.3) is 5.97 Å². The number of carboxylic acids is 1. The number of amidine groups is 1. The summed E-state index contributed by atoms with van der Waals surface area (Å²) in [5.74, 6) is -0.219. The Morgan fingerprint density at radius 1 is 1.06 bits per heavy atom.